The summed E-state index contributed by atoms with van der Waals surface area (Å²) in [4.78, 5) is 30.7. The number of nitrogens with zero attached hydrogens (tertiary/aromatic N) is 2. The van der Waals surface area contributed by atoms with Crippen molar-refractivity contribution in [3.8, 4) is 0 Å². The van der Waals surface area contributed by atoms with Crippen LogP contribution in [0.3, 0.4) is 0 Å². The number of nitrogen functional groups attached to an aromatic ring is 1. The smallest absolute Gasteiger partial charge is 0.276 e. The largest absolute Gasteiger partial charge is 0.391 e. The summed E-state index contributed by atoms with van der Waals surface area (Å²) in [7, 11) is 0. The van der Waals surface area contributed by atoms with Crippen LogP contribution in [-0.2, 0) is 4.79 Å². The van der Waals surface area contributed by atoms with E-state index in [2.05, 4.69) is 15.3 Å². The summed E-state index contributed by atoms with van der Waals surface area (Å²) in [5.41, 5.74) is 5.46. The Kier molecular flexibility index (Phi) is 2.99. The van der Waals surface area contributed by atoms with Crippen molar-refractivity contribution in [1.29, 1.82) is 0 Å². The van der Waals surface area contributed by atoms with E-state index in [1.807, 2.05) is 4.90 Å². The van der Waals surface area contributed by atoms with Gasteiger partial charge in [0.05, 0.1) is 6.33 Å². The molecule has 1 unspecified atom stereocenters. The molecule has 2 rings (SSSR count). The number of anilines is 2. The predicted octanol–water partition coefficient (Wildman–Crippen LogP) is -0.933. The molecule has 2 heterocycles. The zero-order valence-electron chi connectivity index (χ0n) is 9.56. The van der Waals surface area contributed by atoms with Gasteiger partial charge in [-0.05, 0) is 6.42 Å². The number of aromatic nitrogens is 2. The van der Waals surface area contributed by atoms with E-state index < -0.39 is 0 Å². The Balaban J connectivity index is 2.12. The lowest BCUT2D eigenvalue weighted by molar-refractivity contribution is -0.119. The van der Waals surface area contributed by atoms with E-state index in [0.29, 0.717) is 12.4 Å². The SMILES string of the molecule is CC(=O)NC1CCN(c2nc[nH]c(=O)c2N)C1. The fraction of sp³-hybridized carbons (Fsp3) is 0.500. The van der Waals surface area contributed by atoms with Gasteiger partial charge in [-0.15, -0.1) is 0 Å². The van der Waals surface area contributed by atoms with Crippen molar-refractivity contribution in [1.82, 2.24) is 15.3 Å². The topological polar surface area (TPSA) is 104 Å². The third kappa shape index (κ3) is 2.38. The maximum atomic E-state index is 11.3. The summed E-state index contributed by atoms with van der Waals surface area (Å²) < 4.78 is 0. The molecule has 1 aromatic heterocycles. The standard InChI is InChI=1S/C10H15N5O2/c1-6(16)14-7-2-3-15(4-7)9-8(11)10(17)13-5-12-9/h5,7H,2-4,11H2,1H3,(H,14,16)(H,12,13,17). The van der Waals surface area contributed by atoms with Crippen LogP contribution in [0.1, 0.15) is 13.3 Å². The van der Waals surface area contributed by atoms with Crippen LogP contribution in [0.5, 0.6) is 0 Å². The highest BCUT2D eigenvalue weighted by Gasteiger charge is 2.25. The molecule has 1 aromatic rings. The number of aromatic amines is 1. The van der Waals surface area contributed by atoms with E-state index in [0.717, 1.165) is 13.0 Å². The minimum atomic E-state index is -0.335. The fourth-order valence-electron chi connectivity index (χ4n) is 2.01. The highest BCUT2D eigenvalue weighted by Crippen LogP contribution is 2.20. The minimum Gasteiger partial charge on any atom is -0.391 e. The lowest BCUT2D eigenvalue weighted by Gasteiger charge is -2.18. The second-order valence-corrected chi connectivity index (χ2v) is 4.10. The molecule has 4 N–H and O–H groups in total. The molecule has 92 valence electrons. The van der Waals surface area contributed by atoms with Gasteiger partial charge in [0, 0.05) is 26.1 Å². The number of nitrogens with one attached hydrogen (secondary N) is 2. The third-order valence-electron chi connectivity index (χ3n) is 2.76. The Hall–Kier alpha value is -2.05. The van der Waals surface area contributed by atoms with Crippen LogP contribution in [0.25, 0.3) is 0 Å². The van der Waals surface area contributed by atoms with Gasteiger partial charge in [0.25, 0.3) is 5.56 Å². The molecule has 17 heavy (non-hydrogen) atoms. The van der Waals surface area contributed by atoms with E-state index in [-0.39, 0.29) is 23.2 Å². The van der Waals surface area contributed by atoms with Gasteiger partial charge in [-0.1, -0.05) is 0 Å². The van der Waals surface area contributed by atoms with Crippen LogP contribution >= 0.6 is 0 Å². The van der Waals surface area contributed by atoms with Gasteiger partial charge < -0.3 is 20.9 Å². The van der Waals surface area contributed by atoms with Crippen molar-refractivity contribution in [2.75, 3.05) is 23.7 Å². The average molecular weight is 237 g/mol. The number of H-pyrrole nitrogens is 1. The van der Waals surface area contributed by atoms with Gasteiger partial charge >= 0.3 is 0 Å². The van der Waals surface area contributed by atoms with Crippen LogP contribution in [0.15, 0.2) is 11.1 Å². The molecular weight excluding hydrogens is 222 g/mol. The molecule has 7 nitrogen and oxygen atoms in total. The maximum Gasteiger partial charge on any atom is 0.276 e. The Labute approximate surface area is 98.0 Å². The summed E-state index contributed by atoms with van der Waals surface area (Å²) in [6.45, 7) is 2.84. The Morgan fingerprint density at radius 3 is 3.18 bits per heavy atom. The zero-order valence-corrected chi connectivity index (χ0v) is 9.56. The van der Waals surface area contributed by atoms with Crippen molar-refractivity contribution in [2.24, 2.45) is 0 Å². The quantitative estimate of drug-likeness (QED) is 0.616. The number of carbonyl (C=O) groups is 1. The number of nitrogens with two attached hydrogens (primary N) is 1. The summed E-state index contributed by atoms with van der Waals surface area (Å²) in [5.74, 6) is 0.435. The van der Waals surface area contributed by atoms with Crippen molar-refractivity contribution in [3.63, 3.8) is 0 Å². The van der Waals surface area contributed by atoms with Crippen LogP contribution in [0.4, 0.5) is 11.5 Å². The summed E-state index contributed by atoms with van der Waals surface area (Å²) in [5, 5.41) is 2.84. The first-order valence-electron chi connectivity index (χ1n) is 5.43. The van der Waals surface area contributed by atoms with E-state index in [9.17, 15) is 9.59 Å². The summed E-state index contributed by atoms with van der Waals surface area (Å²) >= 11 is 0. The van der Waals surface area contributed by atoms with E-state index in [1.54, 1.807) is 0 Å². The minimum absolute atomic E-state index is 0.0521. The first kappa shape index (κ1) is 11.4. The second-order valence-electron chi connectivity index (χ2n) is 4.10. The average Bonchev–Trinajstić information content (AvgIpc) is 2.69. The molecule has 0 saturated carbocycles. The number of rotatable bonds is 2. The predicted molar refractivity (Wildman–Crippen MR) is 63.7 cm³/mol. The monoisotopic (exact) mass is 237 g/mol. The van der Waals surface area contributed by atoms with Crippen molar-refractivity contribution in [2.45, 2.75) is 19.4 Å². The molecule has 1 aliphatic heterocycles. The molecule has 0 aliphatic carbocycles. The number of amides is 1. The van der Waals surface area contributed by atoms with E-state index in [4.69, 9.17) is 5.73 Å². The number of hydrogen-bond donors (Lipinski definition) is 3. The van der Waals surface area contributed by atoms with Crippen LogP contribution < -0.4 is 21.5 Å². The Morgan fingerprint density at radius 1 is 1.71 bits per heavy atom. The van der Waals surface area contributed by atoms with Crippen molar-refractivity contribution < 1.29 is 4.79 Å². The van der Waals surface area contributed by atoms with E-state index in [1.165, 1.54) is 13.3 Å². The Bertz CT molecular complexity index is 484. The van der Waals surface area contributed by atoms with Crippen molar-refractivity contribution >= 4 is 17.4 Å². The molecule has 7 heteroatoms. The number of hydrogen-bond acceptors (Lipinski definition) is 5. The third-order valence-corrected chi connectivity index (χ3v) is 2.76. The van der Waals surface area contributed by atoms with Crippen molar-refractivity contribution in [3.05, 3.63) is 16.7 Å². The second kappa shape index (κ2) is 4.44. The lowest BCUT2D eigenvalue weighted by atomic mass is 10.2. The molecule has 1 aliphatic rings. The molecule has 0 radical (unpaired) electrons. The van der Waals surface area contributed by atoms with Crippen LogP contribution in [0, 0.1) is 0 Å². The zero-order chi connectivity index (χ0) is 12.4. The van der Waals surface area contributed by atoms with Gasteiger partial charge in [0.15, 0.2) is 5.82 Å². The summed E-state index contributed by atoms with van der Waals surface area (Å²) in [6, 6.07) is 0.0907. The number of carbonyl (C=O) groups excluding carboxylic acids is 1. The van der Waals surface area contributed by atoms with Gasteiger partial charge in [-0.25, -0.2) is 4.98 Å². The van der Waals surface area contributed by atoms with Gasteiger partial charge in [-0.3, -0.25) is 9.59 Å². The highest BCUT2D eigenvalue weighted by atomic mass is 16.1. The molecule has 0 aromatic carbocycles. The van der Waals surface area contributed by atoms with Gasteiger partial charge in [-0.2, -0.15) is 0 Å². The highest BCUT2D eigenvalue weighted by molar-refractivity contribution is 5.73. The van der Waals surface area contributed by atoms with Crippen LogP contribution in [0.2, 0.25) is 0 Å². The molecular formula is C10H15N5O2. The molecule has 0 bridgehead atoms. The molecule has 1 atom stereocenters. The fourth-order valence-corrected chi connectivity index (χ4v) is 2.01. The van der Waals surface area contributed by atoms with E-state index >= 15 is 0 Å². The molecule has 1 saturated heterocycles. The maximum absolute atomic E-state index is 11.3. The normalized spacial score (nSPS) is 19.4. The lowest BCUT2D eigenvalue weighted by Crippen LogP contribution is -2.36. The van der Waals surface area contributed by atoms with Gasteiger partial charge in [0.2, 0.25) is 5.91 Å². The van der Waals surface area contributed by atoms with Crippen LogP contribution in [-0.4, -0.2) is 35.0 Å². The Morgan fingerprint density at radius 2 is 2.47 bits per heavy atom. The summed E-state index contributed by atoms with van der Waals surface area (Å²) in [6.07, 6.45) is 2.16. The van der Waals surface area contributed by atoms with Gasteiger partial charge in [0.1, 0.15) is 5.69 Å². The first-order chi connectivity index (χ1) is 8.08. The molecule has 1 fully saturated rings. The molecule has 0 spiro atoms. The molecule has 1 amide bonds. The first-order valence-corrected chi connectivity index (χ1v) is 5.43.